The zero-order valence-corrected chi connectivity index (χ0v) is 14.3. The Morgan fingerprint density at radius 1 is 0.962 bits per heavy atom. The highest BCUT2D eigenvalue weighted by atomic mass is 16.4. The van der Waals surface area contributed by atoms with Gasteiger partial charge in [0.25, 0.3) is 11.9 Å². The third-order valence-corrected chi connectivity index (χ3v) is 3.51. The minimum Gasteiger partial charge on any atom is -0.481 e. The molecule has 0 unspecified atom stereocenters. The average Bonchev–Trinajstić information content (AvgIpc) is 2.64. The molecule has 0 aromatic heterocycles. The van der Waals surface area contributed by atoms with Gasteiger partial charge in [0.15, 0.2) is 5.78 Å². The van der Waals surface area contributed by atoms with Crippen molar-refractivity contribution in [1.29, 1.82) is 0 Å². The molecule has 0 atom stereocenters. The maximum absolute atomic E-state index is 12.2. The summed E-state index contributed by atoms with van der Waals surface area (Å²) in [4.78, 5) is 32.8. The monoisotopic (exact) mass is 349 g/mol. The van der Waals surface area contributed by atoms with Crippen LogP contribution in [0.5, 0.6) is 0 Å². The van der Waals surface area contributed by atoms with Gasteiger partial charge in [-0.25, -0.2) is 0 Å². The van der Waals surface area contributed by atoms with Crippen LogP contribution in [0.25, 0.3) is 11.1 Å². The first-order valence-corrected chi connectivity index (χ1v) is 8.04. The normalized spacial score (nSPS) is 12.5. The van der Waals surface area contributed by atoms with Crippen molar-refractivity contribution in [2.75, 3.05) is 0 Å². The largest absolute Gasteiger partial charge is 0.481 e. The van der Waals surface area contributed by atoms with Crippen LogP contribution < -0.4 is 5.32 Å². The average molecular weight is 349 g/mol. The molecular formula is C21H19NO4. The molecule has 2 aromatic carbocycles. The van der Waals surface area contributed by atoms with E-state index in [1.165, 1.54) is 0 Å². The maximum atomic E-state index is 12.2. The fourth-order valence-electron chi connectivity index (χ4n) is 2.29. The van der Waals surface area contributed by atoms with Crippen LogP contribution >= 0.6 is 0 Å². The molecule has 132 valence electrons. The third-order valence-electron chi connectivity index (χ3n) is 3.51. The zero-order valence-electron chi connectivity index (χ0n) is 14.3. The maximum Gasteiger partial charge on any atom is 0.300 e. The number of aliphatic carboxylic acids is 1. The van der Waals surface area contributed by atoms with Crippen molar-refractivity contribution in [1.82, 2.24) is 5.32 Å². The first kappa shape index (κ1) is 18.9. The minimum atomic E-state index is -0.833. The Balaban J connectivity index is 0.000000552. The molecule has 5 heteroatoms. The van der Waals surface area contributed by atoms with E-state index in [2.05, 4.69) is 5.32 Å². The summed E-state index contributed by atoms with van der Waals surface area (Å²) in [5.41, 5.74) is 3.03. The van der Waals surface area contributed by atoms with Crippen molar-refractivity contribution < 1.29 is 19.5 Å². The van der Waals surface area contributed by atoms with Crippen molar-refractivity contribution in [3.63, 3.8) is 0 Å². The van der Waals surface area contributed by atoms with Crippen LogP contribution in [-0.2, 0) is 9.59 Å². The predicted octanol–water partition coefficient (Wildman–Crippen LogP) is 3.59. The third kappa shape index (κ3) is 5.56. The lowest BCUT2D eigenvalue weighted by Crippen LogP contribution is -2.27. The summed E-state index contributed by atoms with van der Waals surface area (Å²) in [7, 11) is 0. The van der Waals surface area contributed by atoms with E-state index in [1.54, 1.807) is 30.4 Å². The van der Waals surface area contributed by atoms with Gasteiger partial charge in [-0.05, 0) is 29.3 Å². The number of carboxylic acid groups (broad SMARTS) is 1. The highest BCUT2D eigenvalue weighted by molar-refractivity contribution is 6.04. The van der Waals surface area contributed by atoms with Crippen LogP contribution in [0.1, 0.15) is 23.7 Å². The molecule has 0 spiro atoms. The molecule has 3 rings (SSSR count). The number of benzene rings is 2. The van der Waals surface area contributed by atoms with Gasteiger partial charge in [0.1, 0.15) is 0 Å². The summed E-state index contributed by atoms with van der Waals surface area (Å²) in [5.74, 6) is -1.17. The number of carbonyl (C=O) groups excluding carboxylic acids is 2. The number of hydrogen-bond acceptors (Lipinski definition) is 3. The van der Waals surface area contributed by atoms with Gasteiger partial charge >= 0.3 is 0 Å². The summed E-state index contributed by atoms with van der Waals surface area (Å²) in [6, 6.07) is 17.3. The first-order valence-electron chi connectivity index (χ1n) is 8.04. The Hall–Kier alpha value is -3.47. The van der Waals surface area contributed by atoms with Crippen LogP contribution in [0.4, 0.5) is 0 Å². The lowest BCUT2D eigenvalue weighted by atomic mass is 10.0. The number of hydrogen-bond donors (Lipinski definition) is 2. The fraction of sp³-hybridized carbons (Fsp3) is 0.0952. The Kier molecular flexibility index (Phi) is 6.62. The number of amides is 1. The van der Waals surface area contributed by atoms with E-state index in [-0.39, 0.29) is 11.7 Å². The van der Waals surface area contributed by atoms with E-state index in [0.717, 1.165) is 18.1 Å². The second-order valence-electron chi connectivity index (χ2n) is 5.55. The van der Waals surface area contributed by atoms with E-state index in [1.807, 2.05) is 42.5 Å². The Morgan fingerprint density at radius 2 is 1.54 bits per heavy atom. The van der Waals surface area contributed by atoms with Gasteiger partial charge < -0.3 is 10.4 Å². The number of carboxylic acids is 1. The van der Waals surface area contributed by atoms with E-state index in [0.29, 0.717) is 17.7 Å². The van der Waals surface area contributed by atoms with Crippen LogP contribution in [0.2, 0.25) is 0 Å². The number of ketones is 1. The molecular weight excluding hydrogens is 330 g/mol. The minimum absolute atomic E-state index is 0.0724. The molecule has 0 aliphatic heterocycles. The van der Waals surface area contributed by atoms with E-state index in [4.69, 9.17) is 9.90 Å². The van der Waals surface area contributed by atoms with Gasteiger partial charge in [-0.1, -0.05) is 54.6 Å². The van der Waals surface area contributed by atoms with Crippen LogP contribution in [-0.4, -0.2) is 22.8 Å². The topological polar surface area (TPSA) is 83.5 Å². The number of allylic oxidation sites excluding steroid dienone is 4. The second kappa shape index (κ2) is 9.13. The van der Waals surface area contributed by atoms with Gasteiger partial charge in [0.05, 0.1) is 5.70 Å². The summed E-state index contributed by atoms with van der Waals surface area (Å²) in [6.45, 7) is 1.08. The predicted molar refractivity (Wildman–Crippen MR) is 99.5 cm³/mol. The van der Waals surface area contributed by atoms with Gasteiger partial charge in [-0.2, -0.15) is 0 Å². The van der Waals surface area contributed by atoms with Crippen molar-refractivity contribution in [3.8, 4) is 11.1 Å². The van der Waals surface area contributed by atoms with Crippen molar-refractivity contribution in [2.24, 2.45) is 0 Å². The van der Waals surface area contributed by atoms with Crippen LogP contribution in [0.15, 0.2) is 78.5 Å². The number of rotatable bonds is 3. The SMILES string of the molecule is CC(=O)O.O=C1CC=CC=C1NC(=O)c1ccc(-c2ccccc2)cc1. The second-order valence-corrected chi connectivity index (χ2v) is 5.55. The standard InChI is InChI=1S/C19H15NO2.C2H4O2/c21-18-9-5-4-8-17(18)20-19(22)16-12-10-15(11-13-16)14-6-2-1-3-7-14;1-2(3)4/h1-8,10-13H,9H2,(H,20,22);1H3,(H,3,4). The highest BCUT2D eigenvalue weighted by Gasteiger charge is 2.14. The fourth-order valence-corrected chi connectivity index (χ4v) is 2.29. The molecule has 0 saturated carbocycles. The molecule has 0 radical (unpaired) electrons. The van der Waals surface area contributed by atoms with Gasteiger partial charge in [-0.3, -0.25) is 14.4 Å². The number of carbonyl (C=O) groups is 3. The number of Topliss-reactive ketones (excluding diaryl/α,β-unsaturated/α-hetero) is 1. The summed E-state index contributed by atoms with van der Waals surface area (Å²) >= 11 is 0. The van der Waals surface area contributed by atoms with Gasteiger partial charge in [0.2, 0.25) is 0 Å². The Morgan fingerprint density at radius 3 is 2.12 bits per heavy atom. The van der Waals surface area contributed by atoms with E-state index >= 15 is 0 Å². The molecule has 1 amide bonds. The van der Waals surface area contributed by atoms with Crippen molar-refractivity contribution in [2.45, 2.75) is 13.3 Å². The first-order chi connectivity index (χ1) is 12.5. The Bertz CT molecular complexity index is 845. The van der Waals surface area contributed by atoms with Crippen LogP contribution in [0.3, 0.4) is 0 Å². The summed E-state index contributed by atoms with van der Waals surface area (Å²) in [5, 5.41) is 10.1. The molecule has 5 nitrogen and oxygen atoms in total. The molecule has 0 heterocycles. The highest BCUT2D eigenvalue weighted by Crippen LogP contribution is 2.19. The van der Waals surface area contributed by atoms with Crippen molar-refractivity contribution >= 4 is 17.7 Å². The summed E-state index contributed by atoms with van der Waals surface area (Å²) in [6.07, 6.45) is 5.50. The molecule has 0 saturated heterocycles. The lowest BCUT2D eigenvalue weighted by Gasteiger charge is -2.10. The molecule has 1 aliphatic rings. The lowest BCUT2D eigenvalue weighted by molar-refractivity contribution is -0.134. The van der Waals surface area contributed by atoms with Crippen molar-refractivity contribution in [3.05, 3.63) is 84.1 Å². The van der Waals surface area contributed by atoms with Gasteiger partial charge in [0, 0.05) is 18.9 Å². The zero-order chi connectivity index (χ0) is 18.9. The van der Waals surface area contributed by atoms with E-state index in [9.17, 15) is 9.59 Å². The van der Waals surface area contributed by atoms with E-state index < -0.39 is 5.97 Å². The smallest absolute Gasteiger partial charge is 0.300 e. The van der Waals surface area contributed by atoms with Crippen LogP contribution in [0, 0.1) is 0 Å². The Labute approximate surface area is 151 Å². The molecule has 0 fully saturated rings. The molecule has 2 N–H and O–H groups in total. The molecule has 1 aliphatic carbocycles. The number of nitrogens with one attached hydrogen (secondary N) is 1. The van der Waals surface area contributed by atoms with Gasteiger partial charge in [-0.15, -0.1) is 0 Å². The molecule has 26 heavy (non-hydrogen) atoms. The molecule has 2 aromatic rings. The quantitative estimate of drug-likeness (QED) is 0.887. The summed E-state index contributed by atoms with van der Waals surface area (Å²) < 4.78 is 0. The molecule has 0 bridgehead atoms.